The minimum atomic E-state index is -1.92. The Kier molecular flexibility index (Phi) is 41.5. The van der Waals surface area contributed by atoms with Crippen LogP contribution in [0.4, 0.5) is 0 Å². The third kappa shape index (κ3) is 35.8. The standard InChI is InChI=1S/C57H94O12/c1-4-7-10-13-16-19-22-24-25-27-30-33-36-39-42-45-51(60)68-55-53(62)52(61)54(56(63)64)69-57(55)66-47-48(67-50(59)44-41-38-35-32-28-21-18-15-12-9-6-3)46-65-49(58)43-40-37-34-31-29-26-23-20-17-14-11-8-5-2/h8,11,16-17,19-20,24-26,29,34,37,48,52-55,57,61-62H,4-7,9-10,12-15,18,21-23,27-28,30-33,35-36,38-47H2,1-3H3,(H,63,64)/b11-8-,19-16-,20-17-,25-24-,29-26-,37-34-. The molecule has 1 fully saturated rings. The fraction of sp³-hybridized carbons (Fsp3) is 0.719. The Morgan fingerprint density at radius 2 is 0.942 bits per heavy atom. The summed E-state index contributed by atoms with van der Waals surface area (Å²) in [6.07, 6.45) is 43.3. The highest BCUT2D eigenvalue weighted by molar-refractivity contribution is 5.74. The van der Waals surface area contributed by atoms with E-state index in [-0.39, 0.29) is 25.9 Å². The molecule has 3 N–H and O–H groups in total. The zero-order chi connectivity index (χ0) is 50.4. The van der Waals surface area contributed by atoms with Crippen LogP contribution >= 0.6 is 0 Å². The summed E-state index contributed by atoms with van der Waals surface area (Å²) in [6.45, 7) is 5.74. The van der Waals surface area contributed by atoms with Gasteiger partial charge in [0.15, 0.2) is 24.6 Å². The zero-order valence-electron chi connectivity index (χ0n) is 43.0. The van der Waals surface area contributed by atoms with E-state index in [0.717, 1.165) is 89.9 Å². The number of rotatable bonds is 44. The Balaban J connectivity index is 2.77. The van der Waals surface area contributed by atoms with E-state index in [1.807, 2.05) is 12.2 Å². The second-order valence-corrected chi connectivity index (χ2v) is 18.1. The van der Waals surface area contributed by atoms with Crippen molar-refractivity contribution in [1.29, 1.82) is 0 Å². The number of carbonyl (C=O) groups excluding carboxylic acids is 3. The molecule has 69 heavy (non-hydrogen) atoms. The molecule has 1 saturated heterocycles. The van der Waals surface area contributed by atoms with Gasteiger partial charge >= 0.3 is 23.9 Å². The van der Waals surface area contributed by atoms with Gasteiger partial charge in [0.1, 0.15) is 18.8 Å². The lowest BCUT2D eigenvalue weighted by atomic mass is 9.98. The van der Waals surface area contributed by atoms with Crippen molar-refractivity contribution >= 4 is 23.9 Å². The first-order valence-electron chi connectivity index (χ1n) is 26.9. The largest absolute Gasteiger partial charge is 0.479 e. The first-order chi connectivity index (χ1) is 33.6. The first kappa shape index (κ1) is 63.2. The van der Waals surface area contributed by atoms with E-state index in [4.69, 9.17) is 23.7 Å². The lowest BCUT2D eigenvalue weighted by molar-refractivity contribution is -0.301. The summed E-state index contributed by atoms with van der Waals surface area (Å²) < 4.78 is 28.2. The topological polar surface area (TPSA) is 175 Å². The highest BCUT2D eigenvalue weighted by Crippen LogP contribution is 2.26. The Hall–Kier alpha value is -3.84. The van der Waals surface area contributed by atoms with Gasteiger partial charge in [0.2, 0.25) is 0 Å². The molecule has 1 heterocycles. The van der Waals surface area contributed by atoms with Gasteiger partial charge in [-0.25, -0.2) is 4.79 Å². The van der Waals surface area contributed by atoms with Gasteiger partial charge in [0.25, 0.3) is 0 Å². The number of aliphatic carboxylic acids is 1. The number of allylic oxidation sites excluding steroid dienone is 12. The lowest BCUT2D eigenvalue weighted by Gasteiger charge is -2.40. The average molecular weight is 971 g/mol. The van der Waals surface area contributed by atoms with Gasteiger partial charge < -0.3 is 39.0 Å². The number of carboxylic acid groups (broad SMARTS) is 1. The lowest BCUT2D eigenvalue weighted by Crippen LogP contribution is -2.61. The molecule has 1 aliphatic rings. The predicted octanol–water partition coefficient (Wildman–Crippen LogP) is 13.0. The van der Waals surface area contributed by atoms with Crippen LogP contribution in [0.5, 0.6) is 0 Å². The van der Waals surface area contributed by atoms with Crippen molar-refractivity contribution in [3.05, 3.63) is 72.9 Å². The maximum atomic E-state index is 13.1. The summed E-state index contributed by atoms with van der Waals surface area (Å²) >= 11 is 0. The number of carbonyl (C=O) groups is 4. The number of ether oxygens (including phenoxy) is 5. The molecule has 12 nitrogen and oxygen atoms in total. The van der Waals surface area contributed by atoms with Crippen molar-refractivity contribution in [3.63, 3.8) is 0 Å². The number of hydrogen-bond acceptors (Lipinski definition) is 11. The highest BCUT2D eigenvalue weighted by Gasteiger charge is 2.50. The predicted molar refractivity (Wildman–Crippen MR) is 275 cm³/mol. The molecule has 6 atom stereocenters. The summed E-state index contributed by atoms with van der Waals surface area (Å²) in [6, 6.07) is 0. The Bertz CT molecular complexity index is 1480. The molecule has 0 bridgehead atoms. The highest BCUT2D eigenvalue weighted by atomic mass is 16.7. The molecule has 0 amide bonds. The molecule has 0 radical (unpaired) electrons. The molecule has 0 spiro atoms. The number of aliphatic hydroxyl groups excluding tert-OH is 2. The quantitative estimate of drug-likeness (QED) is 0.0228. The van der Waals surface area contributed by atoms with Crippen molar-refractivity contribution in [2.45, 2.75) is 250 Å². The fourth-order valence-corrected chi connectivity index (χ4v) is 7.65. The van der Waals surface area contributed by atoms with Gasteiger partial charge in [-0.2, -0.15) is 0 Å². The van der Waals surface area contributed by atoms with E-state index < -0.39 is 67.3 Å². The Morgan fingerprint density at radius 1 is 0.493 bits per heavy atom. The van der Waals surface area contributed by atoms with Gasteiger partial charge in [0.05, 0.1) is 6.61 Å². The fourth-order valence-electron chi connectivity index (χ4n) is 7.65. The molecule has 1 rings (SSSR count). The molecule has 0 aromatic carbocycles. The molecule has 0 aliphatic carbocycles. The van der Waals surface area contributed by atoms with Gasteiger partial charge in [-0.05, 0) is 77.0 Å². The van der Waals surface area contributed by atoms with Crippen LogP contribution in [0.15, 0.2) is 72.9 Å². The minimum Gasteiger partial charge on any atom is -0.479 e. The smallest absolute Gasteiger partial charge is 0.335 e. The van der Waals surface area contributed by atoms with Crippen LogP contribution in [0.25, 0.3) is 0 Å². The summed E-state index contributed by atoms with van der Waals surface area (Å²) in [4.78, 5) is 50.8. The summed E-state index contributed by atoms with van der Waals surface area (Å²) in [5.41, 5.74) is 0. The number of hydrogen-bond donors (Lipinski definition) is 3. The van der Waals surface area contributed by atoms with E-state index >= 15 is 0 Å². The number of unbranched alkanes of at least 4 members (excludes halogenated alkanes) is 18. The van der Waals surface area contributed by atoms with Crippen LogP contribution in [0.1, 0.15) is 213 Å². The number of esters is 3. The van der Waals surface area contributed by atoms with Crippen LogP contribution in [0.3, 0.4) is 0 Å². The number of carboxylic acids is 1. The first-order valence-corrected chi connectivity index (χ1v) is 26.9. The Morgan fingerprint density at radius 3 is 1.48 bits per heavy atom. The average Bonchev–Trinajstić information content (AvgIpc) is 3.33. The van der Waals surface area contributed by atoms with Crippen molar-refractivity contribution < 1.29 is 58.2 Å². The third-order valence-electron chi connectivity index (χ3n) is 11.8. The maximum absolute atomic E-state index is 13.1. The summed E-state index contributed by atoms with van der Waals surface area (Å²) in [5.74, 6) is -3.25. The Labute approximate surface area is 417 Å². The molecular weight excluding hydrogens is 877 g/mol. The van der Waals surface area contributed by atoms with Gasteiger partial charge in [-0.15, -0.1) is 0 Å². The normalized spacial score (nSPS) is 19.2. The molecular formula is C57H94O12. The van der Waals surface area contributed by atoms with Gasteiger partial charge in [-0.1, -0.05) is 190 Å². The summed E-state index contributed by atoms with van der Waals surface area (Å²) in [7, 11) is 0. The monoisotopic (exact) mass is 971 g/mol. The van der Waals surface area contributed by atoms with Gasteiger partial charge in [0, 0.05) is 19.3 Å². The second-order valence-electron chi connectivity index (χ2n) is 18.1. The van der Waals surface area contributed by atoms with Crippen LogP contribution in [-0.2, 0) is 42.9 Å². The van der Waals surface area contributed by atoms with E-state index in [9.17, 15) is 34.5 Å². The van der Waals surface area contributed by atoms with Crippen molar-refractivity contribution in [3.8, 4) is 0 Å². The van der Waals surface area contributed by atoms with Crippen LogP contribution in [0.2, 0.25) is 0 Å². The SMILES string of the molecule is CC/C=C\C/C=C\C/C=C\C/C=C\CCC(=O)OCC(COC1OC(C(=O)O)C(O)C(O)C1OC(=O)CCCCCCC/C=C\C/C=C\CCCCC)OC(=O)CCCCCCCCCCCCC. The second kappa shape index (κ2) is 45.3. The minimum absolute atomic E-state index is 0.0367. The summed E-state index contributed by atoms with van der Waals surface area (Å²) in [5, 5.41) is 31.3. The molecule has 1 aliphatic heterocycles. The van der Waals surface area contributed by atoms with Crippen molar-refractivity contribution in [2.75, 3.05) is 13.2 Å². The zero-order valence-corrected chi connectivity index (χ0v) is 43.0. The van der Waals surface area contributed by atoms with Crippen LogP contribution in [-0.4, -0.2) is 89.2 Å². The van der Waals surface area contributed by atoms with E-state index in [0.29, 0.717) is 19.3 Å². The number of aliphatic hydroxyl groups is 2. The molecule has 0 aromatic rings. The molecule has 0 aromatic heterocycles. The maximum Gasteiger partial charge on any atom is 0.335 e. The van der Waals surface area contributed by atoms with E-state index in [1.165, 1.54) is 64.2 Å². The van der Waals surface area contributed by atoms with Crippen LogP contribution in [0, 0.1) is 0 Å². The molecule has 394 valence electrons. The van der Waals surface area contributed by atoms with Gasteiger partial charge in [-0.3, -0.25) is 14.4 Å². The third-order valence-corrected chi connectivity index (χ3v) is 11.8. The van der Waals surface area contributed by atoms with E-state index in [2.05, 4.69) is 81.5 Å². The molecule has 12 heteroatoms. The van der Waals surface area contributed by atoms with Crippen LogP contribution < -0.4 is 0 Å². The van der Waals surface area contributed by atoms with E-state index in [1.54, 1.807) is 0 Å². The molecule has 6 unspecified atom stereocenters. The van der Waals surface area contributed by atoms with Crippen molar-refractivity contribution in [2.24, 2.45) is 0 Å². The van der Waals surface area contributed by atoms with Crippen molar-refractivity contribution in [1.82, 2.24) is 0 Å². The molecule has 0 saturated carbocycles.